The van der Waals surface area contributed by atoms with Crippen LogP contribution in [-0.2, 0) is 0 Å². The van der Waals surface area contributed by atoms with Crippen molar-refractivity contribution in [2.75, 3.05) is 0 Å². The Bertz CT molecular complexity index is 109. The van der Waals surface area contributed by atoms with Crippen molar-refractivity contribution in [1.29, 1.82) is 0 Å². The van der Waals surface area contributed by atoms with E-state index in [9.17, 15) is 0 Å². The molecule has 0 aromatic carbocycles. The molecule has 66 valence electrons. The quantitative estimate of drug-likeness (QED) is 0.651. The normalized spacial score (nSPS) is 35.2. The Labute approximate surface area is 70.4 Å². The summed E-state index contributed by atoms with van der Waals surface area (Å²) in [7, 11) is 0. The van der Waals surface area contributed by atoms with Crippen LogP contribution in [0.5, 0.6) is 0 Å². The Morgan fingerprint density at radius 1 is 1.45 bits per heavy atom. The minimum absolute atomic E-state index is 0.421. The van der Waals surface area contributed by atoms with E-state index in [1.165, 1.54) is 32.1 Å². The molecule has 1 rings (SSSR count). The lowest BCUT2D eigenvalue weighted by Gasteiger charge is -2.30. The molecule has 1 aliphatic carbocycles. The van der Waals surface area contributed by atoms with E-state index in [0.717, 1.165) is 11.8 Å². The molecule has 3 atom stereocenters. The van der Waals surface area contributed by atoms with E-state index in [1.54, 1.807) is 0 Å². The van der Waals surface area contributed by atoms with Crippen LogP contribution in [0.15, 0.2) is 0 Å². The Balaban J connectivity index is 2.33. The molecule has 1 nitrogen and oxygen atoms in total. The molecule has 0 spiro atoms. The Morgan fingerprint density at radius 2 is 2.18 bits per heavy atom. The summed E-state index contributed by atoms with van der Waals surface area (Å²) in [6.07, 6.45) is 6.95. The summed E-state index contributed by atoms with van der Waals surface area (Å²) in [6, 6.07) is 0.421. The van der Waals surface area contributed by atoms with E-state index in [1.807, 2.05) is 0 Å². The summed E-state index contributed by atoms with van der Waals surface area (Å²) >= 11 is 0. The van der Waals surface area contributed by atoms with Crippen LogP contribution in [0.1, 0.15) is 46.0 Å². The molecule has 1 aliphatic rings. The van der Waals surface area contributed by atoms with E-state index in [4.69, 9.17) is 5.73 Å². The van der Waals surface area contributed by atoms with E-state index in [0.29, 0.717) is 6.04 Å². The fourth-order valence-electron chi connectivity index (χ4n) is 2.18. The second-order valence-electron chi connectivity index (χ2n) is 4.06. The van der Waals surface area contributed by atoms with Gasteiger partial charge in [-0.1, -0.05) is 26.2 Å². The molecular weight excluding hydrogens is 134 g/mol. The zero-order valence-electron chi connectivity index (χ0n) is 7.84. The van der Waals surface area contributed by atoms with Crippen LogP contribution < -0.4 is 5.73 Å². The molecule has 0 aromatic rings. The highest BCUT2D eigenvalue weighted by molar-refractivity contribution is 4.77. The highest BCUT2D eigenvalue weighted by atomic mass is 14.6. The Kier molecular flexibility index (Phi) is 3.38. The van der Waals surface area contributed by atoms with Gasteiger partial charge >= 0.3 is 0 Å². The van der Waals surface area contributed by atoms with Crippen LogP contribution >= 0.6 is 0 Å². The van der Waals surface area contributed by atoms with Gasteiger partial charge in [0.05, 0.1) is 0 Å². The second-order valence-corrected chi connectivity index (χ2v) is 4.06. The monoisotopic (exact) mass is 155 g/mol. The lowest BCUT2D eigenvalue weighted by Crippen LogP contribution is -2.30. The summed E-state index contributed by atoms with van der Waals surface area (Å²) < 4.78 is 0. The number of rotatable bonds is 2. The average molecular weight is 155 g/mol. The summed E-state index contributed by atoms with van der Waals surface area (Å²) in [4.78, 5) is 0. The molecular formula is C10H21N. The van der Waals surface area contributed by atoms with Crippen molar-refractivity contribution in [3.8, 4) is 0 Å². The molecule has 0 radical (unpaired) electrons. The molecule has 0 heterocycles. The van der Waals surface area contributed by atoms with Crippen molar-refractivity contribution in [1.82, 2.24) is 0 Å². The largest absolute Gasteiger partial charge is 0.328 e. The number of hydrogen-bond donors (Lipinski definition) is 1. The van der Waals surface area contributed by atoms with Gasteiger partial charge in [0.1, 0.15) is 0 Å². The van der Waals surface area contributed by atoms with Gasteiger partial charge < -0.3 is 5.73 Å². The summed E-state index contributed by atoms with van der Waals surface area (Å²) in [5.74, 6) is 1.79. The van der Waals surface area contributed by atoms with Crippen LogP contribution in [0.25, 0.3) is 0 Å². The molecule has 11 heavy (non-hydrogen) atoms. The van der Waals surface area contributed by atoms with Gasteiger partial charge in [0, 0.05) is 6.04 Å². The number of nitrogens with two attached hydrogens (primary N) is 1. The third-order valence-electron chi connectivity index (χ3n) is 3.14. The van der Waals surface area contributed by atoms with Gasteiger partial charge in [-0.05, 0) is 31.6 Å². The first-order chi connectivity index (χ1) is 5.24. The van der Waals surface area contributed by atoms with Crippen molar-refractivity contribution in [2.24, 2.45) is 17.6 Å². The summed E-state index contributed by atoms with van der Waals surface area (Å²) in [5, 5.41) is 0. The maximum atomic E-state index is 5.88. The van der Waals surface area contributed by atoms with Crippen LogP contribution in [-0.4, -0.2) is 6.04 Å². The summed E-state index contributed by atoms with van der Waals surface area (Å²) in [5.41, 5.74) is 5.88. The predicted molar refractivity (Wildman–Crippen MR) is 49.4 cm³/mol. The zero-order chi connectivity index (χ0) is 8.27. The van der Waals surface area contributed by atoms with Crippen LogP contribution in [0.4, 0.5) is 0 Å². The molecule has 2 N–H and O–H groups in total. The molecule has 0 bridgehead atoms. The van der Waals surface area contributed by atoms with Crippen LogP contribution in [0, 0.1) is 11.8 Å². The van der Waals surface area contributed by atoms with E-state index < -0.39 is 0 Å². The fraction of sp³-hybridized carbons (Fsp3) is 1.00. The molecule has 0 aliphatic heterocycles. The smallest absolute Gasteiger partial charge is 0.00388 e. The molecule has 3 unspecified atom stereocenters. The van der Waals surface area contributed by atoms with Gasteiger partial charge in [0.25, 0.3) is 0 Å². The molecule has 0 saturated heterocycles. The fourth-order valence-corrected chi connectivity index (χ4v) is 2.18. The van der Waals surface area contributed by atoms with Crippen molar-refractivity contribution >= 4 is 0 Å². The minimum Gasteiger partial charge on any atom is -0.328 e. The van der Waals surface area contributed by atoms with Gasteiger partial charge in [-0.15, -0.1) is 0 Å². The second kappa shape index (κ2) is 4.10. The van der Waals surface area contributed by atoms with Crippen molar-refractivity contribution < 1.29 is 0 Å². The lowest BCUT2D eigenvalue weighted by atomic mass is 9.77. The van der Waals surface area contributed by atoms with E-state index >= 15 is 0 Å². The first kappa shape index (κ1) is 9.05. The molecule has 1 saturated carbocycles. The third kappa shape index (κ3) is 2.48. The van der Waals surface area contributed by atoms with Gasteiger partial charge in [0.2, 0.25) is 0 Å². The number of hydrogen-bond acceptors (Lipinski definition) is 1. The maximum Gasteiger partial charge on any atom is 0.00388 e. The van der Waals surface area contributed by atoms with Gasteiger partial charge in [0.15, 0.2) is 0 Å². The van der Waals surface area contributed by atoms with Crippen molar-refractivity contribution in [3.63, 3.8) is 0 Å². The maximum absolute atomic E-state index is 5.88. The van der Waals surface area contributed by atoms with E-state index in [2.05, 4.69) is 13.8 Å². The van der Waals surface area contributed by atoms with Crippen LogP contribution in [0.2, 0.25) is 0 Å². The first-order valence-corrected chi connectivity index (χ1v) is 4.99. The topological polar surface area (TPSA) is 26.0 Å². The van der Waals surface area contributed by atoms with Crippen molar-refractivity contribution in [3.05, 3.63) is 0 Å². The first-order valence-electron chi connectivity index (χ1n) is 4.99. The lowest BCUT2D eigenvalue weighted by molar-refractivity contribution is 0.236. The summed E-state index contributed by atoms with van der Waals surface area (Å²) in [6.45, 7) is 4.46. The van der Waals surface area contributed by atoms with Crippen molar-refractivity contribution in [2.45, 2.75) is 52.0 Å². The zero-order valence-corrected chi connectivity index (χ0v) is 7.84. The molecule has 0 amide bonds. The van der Waals surface area contributed by atoms with Gasteiger partial charge in [-0.3, -0.25) is 0 Å². The molecule has 1 fully saturated rings. The standard InChI is InChI=1S/C10H21N/c1-3-9-5-4-6-10(7-9)8(2)11/h8-10H,3-7,11H2,1-2H3. The SMILES string of the molecule is CCC1CCCC(C(C)N)C1. The molecule has 1 heteroatoms. The molecule has 0 aromatic heterocycles. The predicted octanol–water partition coefficient (Wildman–Crippen LogP) is 2.55. The minimum atomic E-state index is 0.421. The van der Waals surface area contributed by atoms with Gasteiger partial charge in [-0.25, -0.2) is 0 Å². The Hall–Kier alpha value is -0.0400. The van der Waals surface area contributed by atoms with Crippen LogP contribution in [0.3, 0.4) is 0 Å². The average Bonchev–Trinajstić information content (AvgIpc) is 2.05. The van der Waals surface area contributed by atoms with E-state index in [-0.39, 0.29) is 0 Å². The Morgan fingerprint density at radius 3 is 2.73 bits per heavy atom. The highest BCUT2D eigenvalue weighted by Crippen LogP contribution is 2.31. The third-order valence-corrected chi connectivity index (χ3v) is 3.14. The van der Waals surface area contributed by atoms with Gasteiger partial charge in [-0.2, -0.15) is 0 Å². The highest BCUT2D eigenvalue weighted by Gasteiger charge is 2.22.